The second-order valence-electron chi connectivity index (χ2n) is 3.95. The van der Waals surface area contributed by atoms with E-state index in [0.29, 0.717) is 0 Å². The van der Waals surface area contributed by atoms with Gasteiger partial charge in [0.15, 0.2) is 0 Å². The van der Waals surface area contributed by atoms with E-state index in [9.17, 15) is 10.1 Å². The number of thioether (sulfide) groups is 1. The number of nitro groups is 1. The summed E-state index contributed by atoms with van der Waals surface area (Å²) in [4.78, 5) is 19.3. The predicted octanol–water partition coefficient (Wildman–Crippen LogP) is 2.74. The Morgan fingerprint density at radius 2 is 2.05 bits per heavy atom. The van der Waals surface area contributed by atoms with Crippen LogP contribution in [0, 0.1) is 17.0 Å². The van der Waals surface area contributed by atoms with E-state index in [1.807, 2.05) is 30.5 Å². The SMILES string of the molecule is CSc1ccccc1Nc1nc(N)nc(C)c1[N+](=O)[O-]. The number of aryl methyl sites for hydroxylation is 1. The van der Waals surface area contributed by atoms with Crippen molar-refractivity contribution in [3.8, 4) is 0 Å². The minimum Gasteiger partial charge on any atom is -0.368 e. The summed E-state index contributed by atoms with van der Waals surface area (Å²) in [5.74, 6) is 0.0960. The molecule has 2 aromatic rings. The van der Waals surface area contributed by atoms with Gasteiger partial charge in [0.2, 0.25) is 11.8 Å². The third-order valence-electron chi connectivity index (χ3n) is 2.62. The van der Waals surface area contributed by atoms with E-state index < -0.39 is 4.92 Å². The Kier molecular flexibility index (Phi) is 4.04. The van der Waals surface area contributed by atoms with Crippen LogP contribution in [0.4, 0.5) is 23.1 Å². The topological polar surface area (TPSA) is 107 Å². The summed E-state index contributed by atoms with van der Waals surface area (Å²) in [6, 6.07) is 7.47. The Bertz CT molecular complexity index is 662. The van der Waals surface area contributed by atoms with Crippen LogP contribution in [-0.4, -0.2) is 21.1 Å². The molecule has 2 rings (SSSR count). The largest absolute Gasteiger partial charge is 0.368 e. The zero-order valence-electron chi connectivity index (χ0n) is 11.0. The Morgan fingerprint density at radius 1 is 1.35 bits per heavy atom. The van der Waals surface area contributed by atoms with E-state index in [4.69, 9.17) is 5.73 Å². The number of nitrogens with one attached hydrogen (secondary N) is 1. The average molecular weight is 291 g/mol. The summed E-state index contributed by atoms with van der Waals surface area (Å²) >= 11 is 1.53. The highest BCUT2D eigenvalue weighted by Crippen LogP contribution is 2.32. The second kappa shape index (κ2) is 5.74. The van der Waals surface area contributed by atoms with Crippen molar-refractivity contribution in [3.63, 3.8) is 0 Å². The van der Waals surface area contributed by atoms with Crippen molar-refractivity contribution in [3.05, 3.63) is 40.1 Å². The number of benzene rings is 1. The van der Waals surface area contributed by atoms with Crippen molar-refractivity contribution in [1.29, 1.82) is 0 Å². The standard InChI is InChI=1S/C12H13N5O2S/c1-7-10(17(18)19)11(16-12(13)14-7)15-8-5-3-4-6-9(8)20-2/h3-6H,1-2H3,(H3,13,14,15,16). The lowest BCUT2D eigenvalue weighted by atomic mass is 10.3. The van der Waals surface area contributed by atoms with Crippen molar-refractivity contribution in [2.24, 2.45) is 0 Å². The molecule has 8 heteroatoms. The van der Waals surface area contributed by atoms with Crippen LogP contribution >= 0.6 is 11.8 Å². The van der Waals surface area contributed by atoms with Crippen molar-refractivity contribution < 1.29 is 4.92 Å². The first-order chi connectivity index (χ1) is 9.52. The Labute approximate surface area is 119 Å². The monoisotopic (exact) mass is 291 g/mol. The van der Waals surface area contributed by atoms with Gasteiger partial charge in [0.25, 0.3) is 0 Å². The van der Waals surface area contributed by atoms with Crippen LogP contribution in [0.3, 0.4) is 0 Å². The maximum absolute atomic E-state index is 11.1. The minimum absolute atomic E-state index is 0.00256. The molecule has 3 N–H and O–H groups in total. The highest BCUT2D eigenvalue weighted by atomic mass is 32.2. The molecule has 0 radical (unpaired) electrons. The Hall–Kier alpha value is -2.35. The Morgan fingerprint density at radius 3 is 2.70 bits per heavy atom. The fourth-order valence-corrected chi connectivity index (χ4v) is 2.32. The van der Waals surface area contributed by atoms with Gasteiger partial charge in [-0.1, -0.05) is 12.1 Å². The molecule has 7 nitrogen and oxygen atoms in total. The molecule has 1 aromatic carbocycles. The fourth-order valence-electron chi connectivity index (χ4n) is 1.77. The van der Waals surface area contributed by atoms with Gasteiger partial charge in [-0.05, 0) is 25.3 Å². The Balaban J connectivity index is 2.50. The van der Waals surface area contributed by atoms with Crippen LogP contribution in [-0.2, 0) is 0 Å². The minimum atomic E-state index is -0.515. The zero-order chi connectivity index (χ0) is 14.7. The van der Waals surface area contributed by atoms with Gasteiger partial charge in [0.1, 0.15) is 5.69 Å². The van der Waals surface area contributed by atoms with Crippen LogP contribution in [0.25, 0.3) is 0 Å². The van der Waals surface area contributed by atoms with Gasteiger partial charge in [-0.25, -0.2) is 4.98 Å². The molecule has 0 atom stereocenters. The molecule has 1 aromatic heterocycles. The second-order valence-corrected chi connectivity index (χ2v) is 4.79. The number of nitrogen functional groups attached to an aromatic ring is 1. The van der Waals surface area contributed by atoms with Crippen molar-refractivity contribution >= 4 is 34.9 Å². The van der Waals surface area contributed by atoms with E-state index in [0.717, 1.165) is 10.6 Å². The summed E-state index contributed by atoms with van der Waals surface area (Å²) in [7, 11) is 0. The number of para-hydroxylation sites is 1. The van der Waals surface area contributed by atoms with Crippen LogP contribution in [0.5, 0.6) is 0 Å². The molecule has 0 unspecified atom stereocenters. The maximum atomic E-state index is 11.1. The van der Waals surface area contributed by atoms with Crippen molar-refractivity contribution in [1.82, 2.24) is 9.97 Å². The van der Waals surface area contributed by atoms with E-state index >= 15 is 0 Å². The van der Waals surface area contributed by atoms with E-state index in [-0.39, 0.29) is 23.1 Å². The fraction of sp³-hybridized carbons (Fsp3) is 0.167. The quantitative estimate of drug-likeness (QED) is 0.506. The molecule has 0 fully saturated rings. The lowest BCUT2D eigenvalue weighted by Crippen LogP contribution is -2.07. The van der Waals surface area contributed by atoms with Crippen LogP contribution < -0.4 is 11.1 Å². The van der Waals surface area contributed by atoms with Crippen molar-refractivity contribution in [2.75, 3.05) is 17.3 Å². The normalized spacial score (nSPS) is 10.3. The predicted molar refractivity (Wildman–Crippen MR) is 79.3 cm³/mol. The first-order valence-corrected chi connectivity index (χ1v) is 6.94. The van der Waals surface area contributed by atoms with Gasteiger partial charge in [-0.2, -0.15) is 4.98 Å². The number of hydrogen-bond acceptors (Lipinski definition) is 7. The van der Waals surface area contributed by atoms with Crippen molar-refractivity contribution in [2.45, 2.75) is 11.8 Å². The number of rotatable bonds is 4. The average Bonchev–Trinajstić information content (AvgIpc) is 2.38. The molecule has 0 saturated heterocycles. The smallest absolute Gasteiger partial charge is 0.332 e. The number of nitrogens with zero attached hydrogens (tertiary/aromatic N) is 3. The number of aromatic nitrogens is 2. The van der Waals surface area contributed by atoms with Crippen LogP contribution in [0.1, 0.15) is 5.69 Å². The first kappa shape index (κ1) is 14.1. The summed E-state index contributed by atoms with van der Waals surface area (Å²) in [6.07, 6.45) is 1.93. The van der Waals surface area contributed by atoms with Crippen LogP contribution in [0.15, 0.2) is 29.2 Å². The highest BCUT2D eigenvalue weighted by Gasteiger charge is 2.22. The molecule has 0 bridgehead atoms. The lowest BCUT2D eigenvalue weighted by molar-refractivity contribution is -0.385. The summed E-state index contributed by atoms with van der Waals surface area (Å²) in [6.45, 7) is 1.53. The lowest BCUT2D eigenvalue weighted by Gasteiger charge is -2.11. The van der Waals surface area contributed by atoms with Gasteiger partial charge >= 0.3 is 5.69 Å². The number of nitrogens with two attached hydrogens (primary N) is 1. The summed E-state index contributed by atoms with van der Waals surface area (Å²) < 4.78 is 0. The molecule has 20 heavy (non-hydrogen) atoms. The van der Waals surface area contributed by atoms with Crippen LogP contribution in [0.2, 0.25) is 0 Å². The molecule has 1 heterocycles. The molecule has 0 aliphatic heterocycles. The highest BCUT2D eigenvalue weighted by molar-refractivity contribution is 7.98. The van der Waals surface area contributed by atoms with Gasteiger partial charge in [0, 0.05) is 4.90 Å². The summed E-state index contributed by atoms with van der Waals surface area (Å²) in [5, 5.41) is 14.1. The van der Waals surface area contributed by atoms with Gasteiger partial charge < -0.3 is 11.1 Å². The molecular formula is C12H13N5O2S. The maximum Gasteiger partial charge on any atom is 0.332 e. The third kappa shape index (κ3) is 2.80. The van der Waals surface area contributed by atoms with Gasteiger partial charge in [-0.3, -0.25) is 10.1 Å². The van der Waals surface area contributed by atoms with E-state index in [1.165, 1.54) is 18.7 Å². The number of hydrogen-bond donors (Lipinski definition) is 2. The van der Waals surface area contributed by atoms with Gasteiger partial charge in [-0.15, -0.1) is 11.8 Å². The molecular weight excluding hydrogens is 278 g/mol. The molecule has 0 amide bonds. The van der Waals surface area contributed by atoms with E-state index in [2.05, 4.69) is 15.3 Å². The molecule has 0 spiro atoms. The first-order valence-electron chi connectivity index (χ1n) is 5.71. The molecule has 0 aliphatic carbocycles. The zero-order valence-corrected chi connectivity index (χ0v) is 11.8. The molecule has 0 aliphatic rings. The number of anilines is 3. The van der Waals surface area contributed by atoms with E-state index in [1.54, 1.807) is 0 Å². The molecule has 104 valence electrons. The summed E-state index contributed by atoms with van der Waals surface area (Å²) in [5.41, 5.74) is 6.36. The van der Waals surface area contributed by atoms with Gasteiger partial charge in [0.05, 0.1) is 10.6 Å². The molecule has 0 saturated carbocycles. The third-order valence-corrected chi connectivity index (χ3v) is 3.41.